The van der Waals surface area contributed by atoms with Gasteiger partial charge in [-0.25, -0.2) is 14.9 Å². The van der Waals surface area contributed by atoms with E-state index in [2.05, 4.69) is 20.1 Å². The smallest absolute Gasteiger partial charge is 0.410 e. The van der Waals surface area contributed by atoms with Crippen molar-refractivity contribution in [3.63, 3.8) is 0 Å². The van der Waals surface area contributed by atoms with Crippen molar-refractivity contribution in [2.24, 2.45) is 0 Å². The van der Waals surface area contributed by atoms with E-state index in [1.165, 1.54) is 0 Å². The minimum Gasteiger partial charge on any atom is -0.445 e. The molecule has 1 fully saturated rings. The molecule has 8 nitrogen and oxygen atoms in total. The summed E-state index contributed by atoms with van der Waals surface area (Å²) < 4.78 is 5.40. The van der Waals surface area contributed by atoms with E-state index in [0.29, 0.717) is 31.6 Å². The summed E-state index contributed by atoms with van der Waals surface area (Å²) in [6.07, 6.45) is 1.37. The lowest BCUT2D eigenvalue weighted by molar-refractivity contribution is 0.0941. The Bertz CT molecular complexity index is 1040. The zero-order valence-corrected chi connectivity index (χ0v) is 15.6. The molecule has 3 aromatic rings. The molecular formula is C20H21N5O3. The van der Waals surface area contributed by atoms with Crippen LogP contribution in [0, 0.1) is 6.92 Å². The molecule has 0 radical (unpaired) electrons. The predicted octanol–water partition coefficient (Wildman–Crippen LogP) is 2.09. The van der Waals surface area contributed by atoms with Crippen molar-refractivity contribution in [2.45, 2.75) is 13.5 Å². The van der Waals surface area contributed by atoms with Gasteiger partial charge in [-0.1, -0.05) is 30.3 Å². The molecule has 3 heterocycles. The number of benzene rings is 1. The normalized spacial score (nSPS) is 14.3. The summed E-state index contributed by atoms with van der Waals surface area (Å²) in [6, 6.07) is 11.4. The second-order valence-electron chi connectivity index (χ2n) is 6.74. The Morgan fingerprint density at radius 3 is 2.64 bits per heavy atom. The third-order valence-corrected chi connectivity index (χ3v) is 4.92. The van der Waals surface area contributed by atoms with E-state index in [0.717, 1.165) is 22.5 Å². The minimum atomic E-state index is -0.312. The SMILES string of the molecule is Cc1n[nH]c(=O)c2cc(N3CCN(C(=O)OCc4ccccc4)CC3)ncc12. The number of piperazine rings is 1. The molecule has 1 aliphatic heterocycles. The van der Waals surface area contributed by atoms with Gasteiger partial charge in [-0.05, 0) is 18.6 Å². The number of hydrogen-bond acceptors (Lipinski definition) is 6. The number of nitrogens with one attached hydrogen (secondary N) is 1. The molecule has 1 N–H and O–H groups in total. The van der Waals surface area contributed by atoms with Crippen molar-refractivity contribution in [3.8, 4) is 0 Å². The van der Waals surface area contributed by atoms with Gasteiger partial charge in [0.15, 0.2) is 0 Å². The maximum atomic E-state index is 12.3. The van der Waals surface area contributed by atoms with Crippen LogP contribution in [0.25, 0.3) is 10.8 Å². The molecule has 0 atom stereocenters. The van der Waals surface area contributed by atoms with Crippen molar-refractivity contribution in [3.05, 3.63) is 64.2 Å². The average molecular weight is 379 g/mol. The molecule has 144 valence electrons. The van der Waals surface area contributed by atoms with Crippen LogP contribution < -0.4 is 10.5 Å². The largest absolute Gasteiger partial charge is 0.445 e. The number of ether oxygens (including phenoxy) is 1. The van der Waals surface area contributed by atoms with Crippen LogP contribution in [-0.4, -0.2) is 52.4 Å². The highest BCUT2D eigenvalue weighted by Crippen LogP contribution is 2.19. The first-order valence-electron chi connectivity index (χ1n) is 9.17. The zero-order valence-electron chi connectivity index (χ0n) is 15.6. The second-order valence-corrected chi connectivity index (χ2v) is 6.74. The first-order chi connectivity index (χ1) is 13.6. The van der Waals surface area contributed by atoms with Crippen LogP contribution in [0.1, 0.15) is 11.3 Å². The number of hydrogen-bond donors (Lipinski definition) is 1. The van der Waals surface area contributed by atoms with Crippen molar-refractivity contribution in [1.82, 2.24) is 20.1 Å². The molecule has 1 saturated heterocycles. The third kappa shape index (κ3) is 3.66. The fraction of sp³-hybridized carbons (Fsp3) is 0.300. The summed E-state index contributed by atoms with van der Waals surface area (Å²) in [7, 11) is 0. The van der Waals surface area contributed by atoms with E-state index in [1.54, 1.807) is 17.2 Å². The summed E-state index contributed by atoms with van der Waals surface area (Å²) in [5.41, 5.74) is 1.47. The van der Waals surface area contributed by atoms with Gasteiger partial charge in [-0.3, -0.25) is 4.79 Å². The van der Waals surface area contributed by atoms with Gasteiger partial charge in [0.05, 0.1) is 11.1 Å². The van der Waals surface area contributed by atoms with Crippen molar-refractivity contribution >= 4 is 22.7 Å². The van der Waals surface area contributed by atoms with Crippen LogP contribution in [0.5, 0.6) is 0 Å². The van der Waals surface area contributed by atoms with E-state index in [4.69, 9.17) is 4.74 Å². The number of fused-ring (bicyclic) bond motifs is 1. The molecular weight excluding hydrogens is 358 g/mol. The Balaban J connectivity index is 1.39. The number of nitrogens with zero attached hydrogens (tertiary/aromatic N) is 4. The third-order valence-electron chi connectivity index (χ3n) is 4.92. The van der Waals surface area contributed by atoms with E-state index >= 15 is 0 Å². The fourth-order valence-corrected chi connectivity index (χ4v) is 3.28. The van der Waals surface area contributed by atoms with Gasteiger partial charge in [0.2, 0.25) is 0 Å². The lowest BCUT2D eigenvalue weighted by Crippen LogP contribution is -2.49. The number of aromatic nitrogens is 3. The number of pyridine rings is 1. The Hall–Kier alpha value is -3.42. The molecule has 4 rings (SSSR count). The maximum absolute atomic E-state index is 12.3. The van der Waals surface area contributed by atoms with Gasteiger partial charge in [0.25, 0.3) is 5.56 Å². The van der Waals surface area contributed by atoms with Gasteiger partial charge in [-0.2, -0.15) is 5.10 Å². The first-order valence-corrected chi connectivity index (χ1v) is 9.17. The lowest BCUT2D eigenvalue weighted by Gasteiger charge is -2.34. The molecule has 28 heavy (non-hydrogen) atoms. The summed E-state index contributed by atoms with van der Waals surface area (Å²) in [4.78, 5) is 32.6. The number of carbonyl (C=O) groups excluding carboxylic acids is 1. The van der Waals surface area contributed by atoms with E-state index in [9.17, 15) is 9.59 Å². The monoisotopic (exact) mass is 379 g/mol. The van der Waals surface area contributed by atoms with Gasteiger partial charge in [-0.15, -0.1) is 0 Å². The highest BCUT2D eigenvalue weighted by molar-refractivity contribution is 5.84. The van der Waals surface area contributed by atoms with E-state index < -0.39 is 0 Å². The Kier molecular flexibility index (Phi) is 4.92. The second kappa shape index (κ2) is 7.67. The maximum Gasteiger partial charge on any atom is 0.410 e. The van der Waals surface area contributed by atoms with E-state index in [-0.39, 0.29) is 18.3 Å². The topological polar surface area (TPSA) is 91.4 Å². The number of aromatic amines is 1. The van der Waals surface area contributed by atoms with Crippen LogP contribution in [0.3, 0.4) is 0 Å². The number of amides is 1. The van der Waals surface area contributed by atoms with Gasteiger partial charge >= 0.3 is 6.09 Å². The summed E-state index contributed by atoms with van der Waals surface area (Å²) in [5.74, 6) is 0.723. The molecule has 2 aromatic heterocycles. The quantitative estimate of drug-likeness (QED) is 0.749. The first kappa shape index (κ1) is 18.0. The lowest BCUT2D eigenvalue weighted by atomic mass is 10.2. The van der Waals surface area contributed by atoms with Crippen molar-refractivity contribution < 1.29 is 9.53 Å². The fourth-order valence-electron chi connectivity index (χ4n) is 3.28. The summed E-state index contributed by atoms with van der Waals surface area (Å²) >= 11 is 0. The zero-order chi connectivity index (χ0) is 19.5. The highest BCUT2D eigenvalue weighted by atomic mass is 16.6. The van der Waals surface area contributed by atoms with Crippen LogP contribution >= 0.6 is 0 Å². The summed E-state index contributed by atoms with van der Waals surface area (Å²) in [5, 5.41) is 7.79. The average Bonchev–Trinajstić information content (AvgIpc) is 2.75. The molecule has 0 spiro atoms. The number of rotatable bonds is 3. The van der Waals surface area contributed by atoms with Crippen LogP contribution in [0.4, 0.5) is 10.6 Å². The van der Waals surface area contributed by atoms with Crippen molar-refractivity contribution in [1.29, 1.82) is 0 Å². The molecule has 8 heteroatoms. The number of H-pyrrole nitrogens is 1. The molecule has 0 saturated carbocycles. The Morgan fingerprint density at radius 2 is 1.89 bits per heavy atom. The van der Waals surface area contributed by atoms with Gasteiger partial charge < -0.3 is 14.5 Å². The Labute approximate surface area is 161 Å². The molecule has 1 aliphatic rings. The van der Waals surface area contributed by atoms with Crippen LogP contribution in [0.2, 0.25) is 0 Å². The highest BCUT2D eigenvalue weighted by Gasteiger charge is 2.23. The number of aryl methyl sites for hydroxylation is 1. The number of anilines is 1. The molecule has 0 unspecified atom stereocenters. The minimum absolute atomic E-state index is 0.229. The van der Waals surface area contributed by atoms with Gasteiger partial charge in [0.1, 0.15) is 12.4 Å². The Morgan fingerprint density at radius 1 is 1.14 bits per heavy atom. The molecule has 0 aliphatic carbocycles. The molecule has 0 bridgehead atoms. The van der Waals surface area contributed by atoms with Crippen LogP contribution in [0.15, 0.2) is 47.4 Å². The van der Waals surface area contributed by atoms with Crippen molar-refractivity contribution in [2.75, 3.05) is 31.1 Å². The molecule has 1 amide bonds. The number of carbonyl (C=O) groups is 1. The van der Waals surface area contributed by atoms with Gasteiger partial charge in [0, 0.05) is 37.8 Å². The standard InChI is InChI=1S/C20H21N5O3/c1-14-17-12-21-18(11-16(17)19(26)23-22-14)24-7-9-25(10-8-24)20(27)28-13-15-5-3-2-4-6-15/h2-6,11-12H,7-10,13H2,1H3,(H,23,26). The van der Waals surface area contributed by atoms with Crippen LogP contribution in [-0.2, 0) is 11.3 Å². The summed E-state index contributed by atoms with van der Waals surface area (Å²) in [6.45, 7) is 4.43. The predicted molar refractivity (Wildman–Crippen MR) is 105 cm³/mol. The molecule has 1 aromatic carbocycles. The van der Waals surface area contributed by atoms with E-state index in [1.807, 2.05) is 37.3 Å².